The summed E-state index contributed by atoms with van der Waals surface area (Å²) in [5.41, 5.74) is 1.55. The molecule has 168 valence electrons. The molecule has 1 fully saturated rings. The van der Waals surface area contributed by atoms with Crippen LogP contribution in [0.2, 0.25) is 0 Å². The lowest BCUT2D eigenvalue weighted by molar-refractivity contribution is -0.117. The fourth-order valence-electron chi connectivity index (χ4n) is 4.51. The summed E-state index contributed by atoms with van der Waals surface area (Å²) in [6.45, 7) is 4.51. The molecule has 1 aliphatic heterocycles. The zero-order chi connectivity index (χ0) is 22.9. The minimum atomic E-state index is -0.430. The van der Waals surface area contributed by atoms with E-state index in [2.05, 4.69) is 31.8 Å². The van der Waals surface area contributed by atoms with Crippen molar-refractivity contribution in [2.45, 2.75) is 57.6 Å². The molecule has 4 N–H and O–H groups in total. The lowest BCUT2D eigenvalue weighted by Crippen LogP contribution is -2.48. The van der Waals surface area contributed by atoms with Crippen molar-refractivity contribution in [2.75, 3.05) is 22.5 Å². The molecule has 32 heavy (non-hydrogen) atoms. The molecule has 2 aromatic rings. The summed E-state index contributed by atoms with van der Waals surface area (Å²) < 4.78 is 13.6. The number of nitrogens with one attached hydrogen (secondary N) is 3. The van der Waals surface area contributed by atoms with Gasteiger partial charge in [0.25, 0.3) is 0 Å². The largest absolute Gasteiger partial charge is 0.392 e. The minimum Gasteiger partial charge on any atom is -0.392 e. The molecule has 0 radical (unpaired) electrons. The molecular weight excluding hydrogens is 409 g/mol. The molecule has 1 aliphatic carbocycles. The Morgan fingerprint density at radius 1 is 1.38 bits per heavy atom. The molecule has 0 spiro atoms. The normalized spacial score (nSPS) is 23.7. The van der Waals surface area contributed by atoms with Gasteiger partial charge in [-0.15, -0.1) is 6.42 Å². The van der Waals surface area contributed by atoms with E-state index in [1.165, 1.54) is 12.1 Å². The summed E-state index contributed by atoms with van der Waals surface area (Å²) in [4.78, 5) is 21.1. The van der Waals surface area contributed by atoms with Gasteiger partial charge in [-0.25, -0.2) is 9.37 Å². The highest BCUT2D eigenvalue weighted by Gasteiger charge is 2.39. The van der Waals surface area contributed by atoms with Gasteiger partial charge in [0.2, 0.25) is 11.9 Å². The number of benzene rings is 1. The highest BCUT2D eigenvalue weighted by atomic mass is 19.1. The van der Waals surface area contributed by atoms with Crippen LogP contribution in [-0.2, 0) is 4.79 Å². The van der Waals surface area contributed by atoms with Crippen LogP contribution in [0, 0.1) is 23.6 Å². The predicted molar refractivity (Wildman–Crippen MR) is 122 cm³/mol. The van der Waals surface area contributed by atoms with Crippen molar-refractivity contribution >= 4 is 23.4 Å². The Hall–Kier alpha value is -3.18. The average molecular weight is 438 g/mol. The summed E-state index contributed by atoms with van der Waals surface area (Å²) >= 11 is 0. The van der Waals surface area contributed by atoms with Gasteiger partial charge in [-0.2, -0.15) is 4.98 Å². The number of carbonyl (C=O) groups excluding carboxylic acids is 1. The number of terminal acetylenes is 1. The van der Waals surface area contributed by atoms with Crippen LogP contribution in [0.3, 0.4) is 0 Å². The Morgan fingerprint density at radius 2 is 2.19 bits per heavy atom. The van der Waals surface area contributed by atoms with E-state index in [1.54, 1.807) is 12.3 Å². The van der Waals surface area contributed by atoms with Gasteiger partial charge in [-0.3, -0.25) is 4.79 Å². The van der Waals surface area contributed by atoms with Gasteiger partial charge < -0.3 is 21.1 Å². The van der Waals surface area contributed by atoms with Crippen LogP contribution < -0.4 is 16.0 Å². The maximum Gasteiger partial charge on any atom is 0.232 e. The predicted octanol–water partition coefficient (Wildman–Crippen LogP) is 3.49. The second kappa shape index (κ2) is 8.75. The fraction of sp³-hybridized carbons (Fsp3) is 0.458. The van der Waals surface area contributed by atoms with E-state index in [0.717, 1.165) is 19.3 Å². The summed E-state index contributed by atoms with van der Waals surface area (Å²) in [6.07, 6.45) is 9.91. The highest BCUT2D eigenvalue weighted by molar-refractivity contribution is 6.02. The van der Waals surface area contributed by atoms with Crippen molar-refractivity contribution in [3.8, 4) is 12.3 Å². The van der Waals surface area contributed by atoms with Crippen LogP contribution in [0.5, 0.6) is 0 Å². The Kier molecular flexibility index (Phi) is 6.02. The van der Waals surface area contributed by atoms with Crippen molar-refractivity contribution in [3.63, 3.8) is 0 Å². The van der Waals surface area contributed by atoms with Crippen molar-refractivity contribution in [1.29, 1.82) is 0 Å². The monoisotopic (exact) mass is 437 g/mol. The van der Waals surface area contributed by atoms with E-state index in [4.69, 9.17) is 6.42 Å². The molecule has 4 rings (SSSR count). The van der Waals surface area contributed by atoms with E-state index < -0.39 is 12.0 Å². The molecule has 1 amide bonds. The second-order valence-electron chi connectivity index (χ2n) is 9.05. The first-order chi connectivity index (χ1) is 15.3. The Morgan fingerprint density at radius 3 is 2.97 bits per heavy atom. The molecule has 8 heteroatoms. The number of aromatic nitrogens is 2. The van der Waals surface area contributed by atoms with Gasteiger partial charge >= 0.3 is 0 Å². The second-order valence-corrected chi connectivity index (χ2v) is 9.05. The van der Waals surface area contributed by atoms with E-state index in [1.807, 2.05) is 13.8 Å². The number of fused-ring (bicyclic) bond motifs is 1. The van der Waals surface area contributed by atoms with Gasteiger partial charge in [0.1, 0.15) is 11.6 Å². The number of amides is 1. The van der Waals surface area contributed by atoms with Gasteiger partial charge in [-0.05, 0) is 49.4 Å². The number of hydrogen-bond donors (Lipinski definition) is 4. The summed E-state index contributed by atoms with van der Waals surface area (Å²) in [5, 5.41) is 19.8. The van der Waals surface area contributed by atoms with Crippen LogP contribution in [0.4, 0.5) is 21.8 Å². The van der Waals surface area contributed by atoms with Crippen LogP contribution in [0.1, 0.15) is 56.6 Å². The molecule has 1 aromatic carbocycles. The van der Waals surface area contributed by atoms with Crippen molar-refractivity contribution < 1.29 is 14.3 Å². The van der Waals surface area contributed by atoms with E-state index in [0.29, 0.717) is 41.5 Å². The van der Waals surface area contributed by atoms with Crippen LogP contribution in [-0.4, -0.2) is 39.7 Å². The van der Waals surface area contributed by atoms with E-state index in [9.17, 15) is 14.3 Å². The first-order valence-corrected chi connectivity index (χ1v) is 10.9. The SMILES string of the molecule is C#Cc1cnc(NCCC2C(=O)Nc3ccc(F)cc32)nc1N[C@H]1CCC[C@H](O)C1(C)C. The molecular formula is C24H28FN5O2. The summed E-state index contributed by atoms with van der Waals surface area (Å²) in [6, 6.07) is 4.34. The van der Waals surface area contributed by atoms with E-state index in [-0.39, 0.29) is 23.2 Å². The fourth-order valence-corrected chi connectivity index (χ4v) is 4.51. The third-order valence-electron chi connectivity index (χ3n) is 6.66. The topological polar surface area (TPSA) is 99.2 Å². The van der Waals surface area contributed by atoms with Gasteiger partial charge in [0.15, 0.2) is 0 Å². The number of carbonyl (C=O) groups is 1. The average Bonchev–Trinajstić information content (AvgIpc) is 3.06. The number of rotatable bonds is 6. The molecule has 1 unspecified atom stereocenters. The van der Waals surface area contributed by atoms with Crippen LogP contribution in [0.25, 0.3) is 0 Å². The quantitative estimate of drug-likeness (QED) is 0.517. The standard InChI is InChI=1S/C24H28FN5O2/c1-4-14-13-27-23(30-21(14)29-19-6-5-7-20(31)24(19,2)3)26-11-10-16-17-12-15(25)8-9-18(17)28-22(16)32/h1,8-9,12-13,16,19-20,31H,5-7,10-11H2,2-3H3,(H,28,32)(H2,26,27,29,30)/t16?,19-,20-/m0/s1. The van der Waals surface area contributed by atoms with E-state index >= 15 is 0 Å². The summed E-state index contributed by atoms with van der Waals surface area (Å²) in [5.74, 6) is 2.60. The molecule has 1 saturated carbocycles. The van der Waals surface area contributed by atoms with Crippen LogP contribution >= 0.6 is 0 Å². The number of aliphatic hydroxyl groups excluding tert-OH is 1. The molecule has 2 aliphatic rings. The number of nitrogens with zero attached hydrogens (tertiary/aromatic N) is 2. The maximum absolute atomic E-state index is 13.6. The lowest BCUT2D eigenvalue weighted by Gasteiger charge is -2.43. The third kappa shape index (κ3) is 4.26. The zero-order valence-corrected chi connectivity index (χ0v) is 18.3. The lowest BCUT2D eigenvalue weighted by atomic mass is 9.71. The Bertz CT molecular complexity index is 1060. The number of halogens is 1. The number of anilines is 3. The van der Waals surface area contributed by atoms with Gasteiger partial charge in [0, 0.05) is 23.7 Å². The molecule has 1 aromatic heterocycles. The molecule has 2 heterocycles. The highest BCUT2D eigenvalue weighted by Crippen LogP contribution is 2.38. The molecule has 0 bridgehead atoms. The van der Waals surface area contributed by atoms with Crippen LogP contribution in [0.15, 0.2) is 24.4 Å². The molecule has 7 nitrogen and oxygen atoms in total. The molecule has 0 saturated heterocycles. The Balaban J connectivity index is 1.44. The first-order valence-electron chi connectivity index (χ1n) is 10.9. The third-order valence-corrected chi connectivity index (χ3v) is 6.66. The Labute approximate surface area is 187 Å². The molecule has 3 atom stereocenters. The number of aliphatic hydroxyl groups is 1. The van der Waals surface area contributed by atoms with Crippen molar-refractivity contribution in [2.24, 2.45) is 5.41 Å². The summed E-state index contributed by atoms with van der Waals surface area (Å²) in [7, 11) is 0. The zero-order valence-electron chi connectivity index (χ0n) is 18.3. The van der Waals surface area contributed by atoms with Gasteiger partial charge in [-0.1, -0.05) is 19.8 Å². The van der Waals surface area contributed by atoms with Crippen molar-refractivity contribution in [3.05, 3.63) is 41.3 Å². The maximum atomic E-state index is 13.6. The number of hydrogen-bond acceptors (Lipinski definition) is 6. The van der Waals surface area contributed by atoms with Gasteiger partial charge in [0.05, 0.1) is 23.8 Å². The first kappa shape index (κ1) is 22.0. The smallest absolute Gasteiger partial charge is 0.232 e. The van der Waals surface area contributed by atoms with Crippen molar-refractivity contribution in [1.82, 2.24) is 9.97 Å². The minimum absolute atomic E-state index is 0.0229.